The van der Waals surface area contributed by atoms with Crippen molar-refractivity contribution in [3.05, 3.63) is 29.7 Å². The van der Waals surface area contributed by atoms with Crippen LogP contribution in [-0.4, -0.2) is 4.98 Å². The molecule has 1 heterocycles. The zero-order valence-electron chi connectivity index (χ0n) is 7.19. The van der Waals surface area contributed by atoms with E-state index >= 15 is 0 Å². The third-order valence-corrected chi connectivity index (χ3v) is 1.83. The van der Waals surface area contributed by atoms with Gasteiger partial charge in [-0.15, -0.1) is 0 Å². The normalized spacial score (nSPS) is 9.57. The zero-order valence-corrected chi connectivity index (χ0v) is 7.19. The number of rotatable bonds is 1. The number of aromatic nitrogens is 1. The Balaban J connectivity index is 2.56. The molecule has 0 bridgehead atoms. The van der Waals surface area contributed by atoms with Crippen LogP contribution in [0.25, 0.3) is 11.1 Å². The van der Waals surface area contributed by atoms with Crippen LogP contribution in [-0.2, 0) is 6.42 Å². The van der Waals surface area contributed by atoms with Crippen LogP contribution in [0.2, 0.25) is 0 Å². The Morgan fingerprint density at radius 3 is 2.93 bits per heavy atom. The second-order valence-corrected chi connectivity index (χ2v) is 2.77. The molecule has 0 atom stereocenters. The van der Waals surface area contributed by atoms with Crippen LogP contribution < -0.4 is 0 Å². The van der Waals surface area contributed by atoms with E-state index in [-0.39, 0.29) is 5.89 Å². The van der Waals surface area contributed by atoms with E-state index in [0.717, 1.165) is 5.56 Å². The number of hydrogen-bond donors (Lipinski definition) is 0. The van der Waals surface area contributed by atoms with E-state index in [0.29, 0.717) is 17.5 Å². The van der Waals surface area contributed by atoms with Crippen molar-refractivity contribution in [2.45, 2.75) is 6.42 Å². The Bertz CT molecular complexity index is 557. The lowest BCUT2D eigenvalue weighted by Gasteiger charge is -1.91. The first kappa shape index (κ1) is 8.28. The van der Waals surface area contributed by atoms with Gasteiger partial charge in [-0.1, -0.05) is 6.07 Å². The fourth-order valence-corrected chi connectivity index (χ4v) is 1.22. The smallest absolute Gasteiger partial charge is 0.301 e. The van der Waals surface area contributed by atoms with Gasteiger partial charge in [0.05, 0.1) is 12.5 Å². The molecule has 0 saturated heterocycles. The van der Waals surface area contributed by atoms with Gasteiger partial charge >= 0.3 is 5.89 Å². The molecule has 0 spiro atoms. The minimum Gasteiger partial charge on any atom is -0.428 e. The van der Waals surface area contributed by atoms with Crippen LogP contribution in [0.5, 0.6) is 0 Å². The molecule has 66 valence electrons. The summed E-state index contributed by atoms with van der Waals surface area (Å²) in [4.78, 5) is 3.92. The predicted molar refractivity (Wildman–Crippen MR) is 48.0 cm³/mol. The van der Waals surface area contributed by atoms with Crippen molar-refractivity contribution >= 4 is 11.1 Å². The molecule has 0 saturated carbocycles. The van der Waals surface area contributed by atoms with Crippen LogP contribution in [0.15, 0.2) is 22.6 Å². The molecule has 0 amide bonds. The molecule has 0 aliphatic heterocycles. The number of hydrogen-bond acceptors (Lipinski definition) is 4. The van der Waals surface area contributed by atoms with Crippen LogP contribution in [0.1, 0.15) is 11.5 Å². The highest BCUT2D eigenvalue weighted by Gasteiger charge is 2.04. The van der Waals surface area contributed by atoms with Gasteiger partial charge in [0.1, 0.15) is 5.52 Å². The average molecular weight is 183 g/mol. The van der Waals surface area contributed by atoms with Crippen molar-refractivity contribution in [2.75, 3.05) is 0 Å². The number of nitriles is 2. The van der Waals surface area contributed by atoms with E-state index in [1.807, 2.05) is 12.1 Å². The van der Waals surface area contributed by atoms with Crippen molar-refractivity contribution in [1.82, 2.24) is 4.98 Å². The van der Waals surface area contributed by atoms with E-state index < -0.39 is 0 Å². The minimum atomic E-state index is 0.0501. The average Bonchev–Trinajstić information content (AvgIpc) is 2.60. The summed E-state index contributed by atoms with van der Waals surface area (Å²) in [5.74, 6) is 0.0501. The summed E-state index contributed by atoms with van der Waals surface area (Å²) in [7, 11) is 0. The molecule has 0 N–H and O–H groups in total. The van der Waals surface area contributed by atoms with Gasteiger partial charge in [-0.2, -0.15) is 15.5 Å². The largest absolute Gasteiger partial charge is 0.428 e. The van der Waals surface area contributed by atoms with Crippen LogP contribution >= 0.6 is 0 Å². The lowest BCUT2D eigenvalue weighted by atomic mass is 10.1. The Morgan fingerprint density at radius 2 is 2.21 bits per heavy atom. The topological polar surface area (TPSA) is 73.6 Å². The molecule has 0 fully saturated rings. The summed E-state index contributed by atoms with van der Waals surface area (Å²) in [5, 5.41) is 17.0. The molecule has 1 aromatic heterocycles. The van der Waals surface area contributed by atoms with Crippen molar-refractivity contribution in [3.63, 3.8) is 0 Å². The molecule has 0 aliphatic rings. The monoisotopic (exact) mass is 183 g/mol. The van der Waals surface area contributed by atoms with Crippen LogP contribution in [0, 0.1) is 22.7 Å². The third-order valence-electron chi connectivity index (χ3n) is 1.83. The maximum Gasteiger partial charge on any atom is 0.301 e. The van der Waals surface area contributed by atoms with Gasteiger partial charge in [0.15, 0.2) is 11.7 Å². The first-order chi connectivity index (χ1) is 6.83. The van der Waals surface area contributed by atoms with Gasteiger partial charge in [-0.05, 0) is 17.7 Å². The van der Waals surface area contributed by atoms with Gasteiger partial charge in [-0.25, -0.2) is 0 Å². The molecule has 1 aromatic carbocycles. The summed E-state index contributed by atoms with van der Waals surface area (Å²) in [6.45, 7) is 0. The van der Waals surface area contributed by atoms with Gasteiger partial charge in [-0.3, -0.25) is 0 Å². The highest BCUT2D eigenvalue weighted by atomic mass is 16.3. The zero-order chi connectivity index (χ0) is 9.97. The van der Waals surface area contributed by atoms with Crippen molar-refractivity contribution < 1.29 is 4.42 Å². The fourth-order valence-electron chi connectivity index (χ4n) is 1.22. The third kappa shape index (κ3) is 1.30. The van der Waals surface area contributed by atoms with Gasteiger partial charge < -0.3 is 4.42 Å². The minimum absolute atomic E-state index is 0.0501. The molecule has 4 nitrogen and oxygen atoms in total. The Morgan fingerprint density at radius 1 is 1.36 bits per heavy atom. The van der Waals surface area contributed by atoms with E-state index in [9.17, 15) is 0 Å². The molecule has 0 unspecified atom stereocenters. The van der Waals surface area contributed by atoms with Crippen molar-refractivity contribution in [2.24, 2.45) is 0 Å². The second kappa shape index (κ2) is 3.20. The molecule has 2 aromatic rings. The first-order valence-electron chi connectivity index (χ1n) is 4.00. The standard InChI is InChI=1S/C10H5N3O/c11-4-3-7-1-2-8-9(5-7)14-10(6-12)13-8/h1-2,5H,3H2. The summed E-state index contributed by atoms with van der Waals surface area (Å²) in [5.41, 5.74) is 2.05. The number of benzene rings is 1. The molecule has 4 heteroatoms. The van der Waals surface area contributed by atoms with E-state index in [1.54, 1.807) is 18.2 Å². The summed E-state index contributed by atoms with van der Waals surface area (Å²) < 4.78 is 5.12. The predicted octanol–water partition coefficient (Wildman–Crippen LogP) is 1.77. The summed E-state index contributed by atoms with van der Waals surface area (Å²) in [6.07, 6.45) is 0.332. The van der Waals surface area contributed by atoms with Crippen LogP contribution in [0.3, 0.4) is 0 Å². The molecular weight excluding hydrogens is 178 g/mol. The highest BCUT2D eigenvalue weighted by molar-refractivity contribution is 5.73. The fraction of sp³-hybridized carbons (Fsp3) is 0.100. The van der Waals surface area contributed by atoms with E-state index in [2.05, 4.69) is 4.98 Å². The summed E-state index contributed by atoms with van der Waals surface area (Å²) in [6, 6.07) is 9.14. The second-order valence-electron chi connectivity index (χ2n) is 2.77. The Labute approximate surface area is 80.0 Å². The van der Waals surface area contributed by atoms with E-state index in [1.165, 1.54) is 0 Å². The molecule has 2 rings (SSSR count). The highest BCUT2D eigenvalue weighted by Crippen LogP contribution is 2.16. The lowest BCUT2D eigenvalue weighted by molar-refractivity contribution is 0.584. The number of nitrogens with zero attached hydrogens (tertiary/aromatic N) is 3. The van der Waals surface area contributed by atoms with Crippen molar-refractivity contribution in [1.29, 1.82) is 10.5 Å². The molecule has 0 aliphatic carbocycles. The number of fused-ring (bicyclic) bond motifs is 1. The Kier molecular flexibility index (Phi) is 1.89. The summed E-state index contributed by atoms with van der Waals surface area (Å²) >= 11 is 0. The Hall–Kier alpha value is -2.33. The molecular formula is C10H5N3O. The number of oxazole rings is 1. The molecule has 14 heavy (non-hydrogen) atoms. The maximum absolute atomic E-state index is 8.55. The van der Waals surface area contributed by atoms with Gasteiger partial charge in [0, 0.05) is 0 Å². The van der Waals surface area contributed by atoms with Crippen LogP contribution in [0.4, 0.5) is 0 Å². The lowest BCUT2D eigenvalue weighted by Crippen LogP contribution is -1.79. The molecule has 0 radical (unpaired) electrons. The van der Waals surface area contributed by atoms with Gasteiger partial charge in [0.2, 0.25) is 0 Å². The van der Waals surface area contributed by atoms with Gasteiger partial charge in [0.25, 0.3) is 0 Å². The van der Waals surface area contributed by atoms with E-state index in [4.69, 9.17) is 14.9 Å². The maximum atomic E-state index is 8.55. The quantitative estimate of drug-likeness (QED) is 0.675. The first-order valence-corrected chi connectivity index (χ1v) is 4.00. The van der Waals surface area contributed by atoms with Crippen molar-refractivity contribution in [3.8, 4) is 12.1 Å². The SMILES string of the molecule is N#CCc1ccc2nc(C#N)oc2c1.